The Morgan fingerprint density at radius 1 is 1.44 bits per heavy atom. The second-order valence-corrected chi connectivity index (χ2v) is 4.78. The van der Waals surface area contributed by atoms with Gasteiger partial charge in [0, 0.05) is 25.6 Å². The van der Waals surface area contributed by atoms with E-state index in [1.165, 1.54) is 17.7 Å². The van der Waals surface area contributed by atoms with Crippen LogP contribution in [-0.2, 0) is 11.2 Å². The maximum atomic E-state index is 6.06. The maximum absolute atomic E-state index is 6.06. The fourth-order valence-electron chi connectivity index (χ4n) is 2.79. The molecule has 0 radical (unpaired) electrons. The highest BCUT2D eigenvalue weighted by molar-refractivity contribution is 5.74. The minimum Gasteiger partial charge on any atom is -0.397 e. The van der Waals surface area contributed by atoms with Crippen LogP contribution in [0.3, 0.4) is 0 Å². The smallest absolute Gasteiger partial charge is 0.0633 e. The summed E-state index contributed by atoms with van der Waals surface area (Å²) in [6, 6.07) is 6.25. The van der Waals surface area contributed by atoms with Gasteiger partial charge in [0.05, 0.1) is 18.0 Å². The summed E-state index contributed by atoms with van der Waals surface area (Å²) in [5, 5.41) is 0. The second kappa shape index (κ2) is 3.98. The largest absolute Gasteiger partial charge is 0.397 e. The van der Waals surface area contributed by atoms with E-state index in [4.69, 9.17) is 10.5 Å². The van der Waals surface area contributed by atoms with Gasteiger partial charge in [-0.2, -0.15) is 0 Å². The van der Waals surface area contributed by atoms with E-state index in [9.17, 15) is 0 Å². The molecular weight excluding hydrogens is 200 g/mol. The molecule has 2 aliphatic rings. The summed E-state index contributed by atoms with van der Waals surface area (Å²) in [6.45, 7) is 4.05. The van der Waals surface area contributed by atoms with Gasteiger partial charge in [-0.1, -0.05) is 12.1 Å². The predicted octanol–water partition coefficient (Wildman–Crippen LogP) is 1.67. The number of para-hydroxylation sites is 1. The van der Waals surface area contributed by atoms with E-state index in [1.807, 2.05) is 6.07 Å². The number of nitrogens with zero attached hydrogens (tertiary/aromatic N) is 1. The molecule has 2 aliphatic heterocycles. The average molecular weight is 218 g/mol. The van der Waals surface area contributed by atoms with E-state index in [2.05, 4.69) is 17.0 Å². The number of hydrogen-bond donors (Lipinski definition) is 1. The highest BCUT2D eigenvalue weighted by Crippen LogP contribution is 2.34. The zero-order valence-electron chi connectivity index (χ0n) is 9.48. The minimum atomic E-state index is 0.686. The Labute approximate surface area is 96.2 Å². The first-order chi connectivity index (χ1) is 7.84. The zero-order valence-corrected chi connectivity index (χ0v) is 9.48. The Bertz CT molecular complexity index is 386. The van der Waals surface area contributed by atoms with Crippen molar-refractivity contribution < 1.29 is 4.74 Å². The normalized spacial score (nSPS) is 23.8. The summed E-state index contributed by atoms with van der Waals surface area (Å²) < 4.78 is 5.43. The number of ether oxygens (including phenoxy) is 1. The van der Waals surface area contributed by atoms with Gasteiger partial charge in [-0.05, 0) is 24.5 Å². The third-order valence-corrected chi connectivity index (χ3v) is 3.62. The first-order valence-electron chi connectivity index (χ1n) is 6.04. The number of nitrogens with two attached hydrogens (primary N) is 1. The Balaban J connectivity index is 1.79. The molecule has 3 heteroatoms. The Morgan fingerprint density at radius 3 is 3.19 bits per heavy atom. The van der Waals surface area contributed by atoms with E-state index in [1.54, 1.807) is 0 Å². The summed E-state index contributed by atoms with van der Waals surface area (Å²) in [4.78, 5) is 2.43. The van der Waals surface area contributed by atoms with Crippen molar-refractivity contribution in [2.24, 2.45) is 5.92 Å². The molecule has 1 unspecified atom stereocenters. The van der Waals surface area contributed by atoms with Crippen LogP contribution in [0.25, 0.3) is 0 Å². The lowest BCUT2D eigenvalue weighted by atomic mass is 10.1. The molecule has 86 valence electrons. The molecule has 1 aromatic rings. The molecular formula is C13H18N2O. The standard InChI is InChI=1S/C13H18N2O/c14-12-3-1-2-11-4-6-15(13(11)12)8-10-5-7-16-9-10/h1-3,10H,4-9,14H2. The van der Waals surface area contributed by atoms with Crippen molar-refractivity contribution >= 4 is 11.4 Å². The average Bonchev–Trinajstić information content (AvgIpc) is 2.90. The van der Waals surface area contributed by atoms with Crippen LogP contribution in [0.2, 0.25) is 0 Å². The molecule has 0 saturated carbocycles. The minimum absolute atomic E-state index is 0.686. The van der Waals surface area contributed by atoms with Crippen LogP contribution < -0.4 is 10.6 Å². The Hall–Kier alpha value is -1.22. The van der Waals surface area contributed by atoms with Gasteiger partial charge in [-0.3, -0.25) is 0 Å². The van der Waals surface area contributed by atoms with Crippen molar-refractivity contribution in [2.45, 2.75) is 12.8 Å². The molecule has 3 nitrogen and oxygen atoms in total. The van der Waals surface area contributed by atoms with Gasteiger partial charge in [0.15, 0.2) is 0 Å². The van der Waals surface area contributed by atoms with E-state index in [-0.39, 0.29) is 0 Å². The number of benzene rings is 1. The van der Waals surface area contributed by atoms with Crippen LogP contribution in [-0.4, -0.2) is 26.3 Å². The zero-order chi connectivity index (χ0) is 11.0. The Morgan fingerprint density at radius 2 is 2.38 bits per heavy atom. The van der Waals surface area contributed by atoms with E-state index < -0.39 is 0 Å². The van der Waals surface area contributed by atoms with Crippen LogP contribution in [0, 0.1) is 5.92 Å². The van der Waals surface area contributed by atoms with Gasteiger partial charge in [-0.15, -0.1) is 0 Å². The molecule has 1 atom stereocenters. The maximum Gasteiger partial charge on any atom is 0.0633 e. The lowest BCUT2D eigenvalue weighted by Gasteiger charge is -2.23. The molecule has 1 fully saturated rings. The van der Waals surface area contributed by atoms with Crippen LogP contribution in [0.15, 0.2) is 18.2 Å². The molecule has 1 saturated heterocycles. The summed E-state index contributed by atoms with van der Waals surface area (Å²) >= 11 is 0. The number of rotatable bonds is 2. The molecule has 0 spiro atoms. The van der Waals surface area contributed by atoms with E-state index >= 15 is 0 Å². The summed E-state index contributed by atoms with van der Waals surface area (Å²) in [6.07, 6.45) is 2.33. The van der Waals surface area contributed by atoms with Crippen LogP contribution in [0.4, 0.5) is 11.4 Å². The van der Waals surface area contributed by atoms with Crippen LogP contribution in [0.5, 0.6) is 0 Å². The quantitative estimate of drug-likeness (QED) is 0.767. The van der Waals surface area contributed by atoms with Gasteiger partial charge < -0.3 is 15.4 Å². The first-order valence-corrected chi connectivity index (χ1v) is 6.04. The van der Waals surface area contributed by atoms with E-state index in [0.29, 0.717) is 5.92 Å². The molecule has 3 rings (SSSR count). The van der Waals surface area contributed by atoms with Crippen molar-refractivity contribution in [2.75, 3.05) is 36.9 Å². The van der Waals surface area contributed by atoms with Gasteiger partial charge >= 0.3 is 0 Å². The molecule has 16 heavy (non-hydrogen) atoms. The van der Waals surface area contributed by atoms with Gasteiger partial charge in [-0.25, -0.2) is 0 Å². The summed E-state index contributed by atoms with van der Waals surface area (Å²) in [7, 11) is 0. The molecule has 2 heterocycles. The number of anilines is 2. The van der Waals surface area contributed by atoms with Gasteiger partial charge in [0.1, 0.15) is 0 Å². The highest BCUT2D eigenvalue weighted by atomic mass is 16.5. The van der Waals surface area contributed by atoms with Crippen LogP contribution in [0.1, 0.15) is 12.0 Å². The topological polar surface area (TPSA) is 38.5 Å². The van der Waals surface area contributed by atoms with Crippen LogP contribution >= 0.6 is 0 Å². The molecule has 1 aromatic carbocycles. The molecule has 0 aliphatic carbocycles. The van der Waals surface area contributed by atoms with E-state index in [0.717, 1.165) is 38.4 Å². The molecule has 0 aromatic heterocycles. The summed E-state index contributed by atoms with van der Waals surface area (Å²) in [5.41, 5.74) is 9.66. The fourth-order valence-corrected chi connectivity index (χ4v) is 2.79. The third-order valence-electron chi connectivity index (χ3n) is 3.62. The van der Waals surface area contributed by atoms with Crippen molar-refractivity contribution in [3.8, 4) is 0 Å². The molecule has 0 amide bonds. The number of fused-ring (bicyclic) bond motifs is 1. The number of hydrogen-bond acceptors (Lipinski definition) is 3. The summed E-state index contributed by atoms with van der Waals surface area (Å²) in [5.74, 6) is 0.686. The van der Waals surface area contributed by atoms with Crippen molar-refractivity contribution in [1.82, 2.24) is 0 Å². The SMILES string of the molecule is Nc1cccc2c1N(CC1CCOC1)CC2. The highest BCUT2D eigenvalue weighted by Gasteiger charge is 2.25. The molecule has 0 bridgehead atoms. The second-order valence-electron chi connectivity index (χ2n) is 4.78. The monoisotopic (exact) mass is 218 g/mol. The first kappa shape index (κ1) is 9.97. The third kappa shape index (κ3) is 1.65. The Kier molecular flexibility index (Phi) is 2.48. The van der Waals surface area contributed by atoms with Crippen molar-refractivity contribution in [3.63, 3.8) is 0 Å². The molecule has 2 N–H and O–H groups in total. The fraction of sp³-hybridized carbons (Fsp3) is 0.538. The van der Waals surface area contributed by atoms with Crippen molar-refractivity contribution in [3.05, 3.63) is 23.8 Å². The van der Waals surface area contributed by atoms with Gasteiger partial charge in [0.25, 0.3) is 0 Å². The number of nitrogen functional groups attached to an aromatic ring is 1. The van der Waals surface area contributed by atoms with Crippen molar-refractivity contribution in [1.29, 1.82) is 0 Å². The lowest BCUT2D eigenvalue weighted by Crippen LogP contribution is -2.28. The lowest BCUT2D eigenvalue weighted by molar-refractivity contribution is 0.186. The van der Waals surface area contributed by atoms with Gasteiger partial charge in [0.2, 0.25) is 0 Å². The predicted molar refractivity (Wildman–Crippen MR) is 65.7 cm³/mol.